The number of nitrogens with two attached hydrogens (primary N) is 1. The Bertz CT molecular complexity index is 774. The number of aromatic nitrogens is 1. The zero-order valence-electron chi connectivity index (χ0n) is 12.5. The average Bonchev–Trinajstić information content (AvgIpc) is 2.83. The lowest BCUT2D eigenvalue weighted by atomic mass is 10.1. The number of aryl methyl sites for hydroxylation is 2. The summed E-state index contributed by atoms with van der Waals surface area (Å²) in [6.45, 7) is 3.17. The number of para-hydroxylation sites is 1. The van der Waals surface area contributed by atoms with Gasteiger partial charge in [-0.15, -0.1) is 0 Å². The Labute approximate surface area is 125 Å². The van der Waals surface area contributed by atoms with Crippen LogP contribution in [-0.4, -0.2) is 4.57 Å². The Kier molecular flexibility index (Phi) is 3.67. The number of rotatable bonds is 4. The van der Waals surface area contributed by atoms with Gasteiger partial charge in [0.05, 0.1) is 5.69 Å². The number of hydrogen-bond acceptors (Lipinski definition) is 2. The first-order chi connectivity index (χ1) is 10.2. The van der Waals surface area contributed by atoms with Crippen molar-refractivity contribution in [3.63, 3.8) is 0 Å². The number of benzene rings is 2. The van der Waals surface area contributed by atoms with E-state index in [1.54, 1.807) is 0 Å². The first kappa shape index (κ1) is 13.7. The molecule has 0 aliphatic carbocycles. The van der Waals surface area contributed by atoms with Gasteiger partial charge in [0.1, 0.15) is 12.4 Å². The normalized spacial score (nSPS) is 11.0. The van der Waals surface area contributed by atoms with E-state index in [4.69, 9.17) is 10.5 Å². The second-order valence-electron chi connectivity index (χ2n) is 5.30. The molecule has 1 heterocycles. The molecule has 3 nitrogen and oxygen atoms in total. The first-order valence-electron chi connectivity index (χ1n) is 7.15. The van der Waals surface area contributed by atoms with Gasteiger partial charge in [-0.25, -0.2) is 0 Å². The lowest BCUT2D eigenvalue weighted by Gasteiger charge is -2.09. The van der Waals surface area contributed by atoms with Gasteiger partial charge in [-0.1, -0.05) is 30.3 Å². The summed E-state index contributed by atoms with van der Waals surface area (Å²) in [6.07, 6.45) is 0. The van der Waals surface area contributed by atoms with Crippen LogP contribution in [0, 0.1) is 6.92 Å². The van der Waals surface area contributed by atoms with Crippen molar-refractivity contribution in [2.45, 2.75) is 20.1 Å². The molecule has 0 fully saturated rings. The molecule has 3 aromatic rings. The Morgan fingerprint density at radius 3 is 2.67 bits per heavy atom. The van der Waals surface area contributed by atoms with Crippen LogP contribution in [0.5, 0.6) is 5.75 Å². The summed E-state index contributed by atoms with van der Waals surface area (Å²) in [5, 5.41) is 1.21. The zero-order valence-corrected chi connectivity index (χ0v) is 12.5. The molecule has 108 valence electrons. The molecular weight excluding hydrogens is 260 g/mol. The van der Waals surface area contributed by atoms with E-state index in [1.807, 2.05) is 18.2 Å². The Morgan fingerprint density at radius 2 is 1.90 bits per heavy atom. The van der Waals surface area contributed by atoms with E-state index in [1.165, 1.54) is 16.5 Å². The van der Waals surface area contributed by atoms with Crippen molar-refractivity contribution in [1.82, 2.24) is 4.57 Å². The van der Waals surface area contributed by atoms with Crippen molar-refractivity contribution < 1.29 is 4.74 Å². The topological polar surface area (TPSA) is 40.2 Å². The minimum Gasteiger partial charge on any atom is -0.487 e. The number of ether oxygens (including phenoxy) is 1. The summed E-state index contributed by atoms with van der Waals surface area (Å²) in [5.74, 6) is 0.932. The quantitative estimate of drug-likeness (QED) is 0.794. The summed E-state index contributed by atoms with van der Waals surface area (Å²) in [6, 6.07) is 16.5. The highest BCUT2D eigenvalue weighted by atomic mass is 16.5. The van der Waals surface area contributed by atoms with Gasteiger partial charge in [-0.05, 0) is 36.2 Å². The fraction of sp³-hybridized carbons (Fsp3) is 0.222. The van der Waals surface area contributed by atoms with Crippen LogP contribution in [0.4, 0.5) is 0 Å². The van der Waals surface area contributed by atoms with Crippen LogP contribution in [0.3, 0.4) is 0 Å². The predicted octanol–water partition coefficient (Wildman–Crippen LogP) is 3.52. The lowest BCUT2D eigenvalue weighted by Crippen LogP contribution is -2.02. The Balaban J connectivity index is 1.91. The van der Waals surface area contributed by atoms with Gasteiger partial charge in [-0.3, -0.25) is 0 Å². The van der Waals surface area contributed by atoms with Gasteiger partial charge < -0.3 is 15.0 Å². The molecule has 0 spiro atoms. The van der Waals surface area contributed by atoms with Gasteiger partial charge in [0.15, 0.2) is 0 Å². The highest BCUT2D eigenvalue weighted by Crippen LogP contribution is 2.24. The predicted molar refractivity (Wildman–Crippen MR) is 86.3 cm³/mol. The summed E-state index contributed by atoms with van der Waals surface area (Å²) in [5.41, 5.74) is 10.5. The summed E-state index contributed by atoms with van der Waals surface area (Å²) >= 11 is 0. The van der Waals surface area contributed by atoms with Crippen LogP contribution in [0.25, 0.3) is 10.9 Å². The van der Waals surface area contributed by atoms with E-state index in [-0.39, 0.29) is 0 Å². The van der Waals surface area contributed by atoms with Crippen molar-refractivity contribution in [3.05, 3.63) is 65.4 Å². The lowest BCUT2D eigenvalue weighted by molar-refractivity contribution is 0.296. The maximum absolute atomic E-state index is 5.95. The Hall–Kier alpha value is -2.26. The second-order valence-corrected chi connectivity index (χ2v) is 5.30. The molecule has 3 heteroatoms. The van der Waals surface area contributed by atoms with Gasteiger partial charge in [-0.2, -0.15) is 0 Å². The fourth-order valence-electron chi connectivity index (χ4n) is 2.66. The maximum Gasteiger partial charge on any atom is 0.128 e. The van der Waals surface area contributed by atoms with Gasteiger partial charge >= 0.3 is 0 Å². The molecule has 0 bridgehead atoms. The molecule has 1 aromatic heterocycles. The third-order valence-electron chi connectivity index (χ3n) is 3.97. The van der Waals surface area contributed by atoms with E-state index in [0.717, 1.165) is 17.0 Å². The summed E-state index contributed by atoms with van der Waals surface area (Å²) < 4.78 is 8.13. The highest BCUT2D eigenvalue weighted by molar-refractivity contribution is 5.84. The molecule has 21 heavy (non-hydrogen) atoms. The van der Waals surface area contributed by atoms with Crippen LogP contribution < -0.4 is 10.5 Å². The van der Waals surface area contributed by atoms with Crippen LogP contribution in [0.2, 0.25) is 0 Å². The zero-order chi connectivity index (χ0) is 14.8. The molecule has 0 atom stereocenters. The largest absolute Gasteiger partial charge is 0.487 e. The minimum absolute atomic E-state index is 0.555. The highest BCUT2D eigenvalue weighted by Gasteiger charge is 2.09. The molecule has 0 aliphatic heterocycles. The van der Waals surface area contributed by atoms with Crippen molar-refractivity contribution in [3.8, 4) is 5.75 Å². The van der Waals surface area contributed by atoms with Crippen LogP contribution in [-0.2, 0) is 20.2 Å². The van der Waals surface area contributed by atoms with Crippen LogP contribution in [0.15, 0.2) is 48.5 Å². The number of hydrogen-bond donors (Lipinski definition) is 1. The molecule has 2 N–H and O–H groups in total. The minimum atomic E-state index is 0.555. The third kappa shape index (κ3) is 2.52. The summed E-state index contributed by atoms with van der Waals surface area (Å²) in [7, 11) is 2.07. The summed E-state index contributed by atoms with van der Waals surface area (Å²) in [4.78, 5) is 0. The van der Waals surface area contributed by atoms with Gasteiger partial charge in [0.2, 0.25) is 0 Å². The maximum atomic E-state index is 5.95. The van der Waals surface area contributed by atoms with Crippen molar-refractivity contribution in [1.29, 1.82) is 0 Å². The van der Waals surface area contributed by atoms with Crippen molar-refractivity contribution in [2.75, 3.05) is 0 Å². The third-order valence-corrected chi connectivity index (χ3v) is 3.97. The molecule has 0 unspecified atom stereocenters. The van der Waals surface area contributed by atoms with E-state index in [2.05, 4.69) is 48.9 Å². The van der Waals surface area contributed by atoms with Crippen molar-refractivity contribution >= 4 is 10.9 Å². The number of nitrogens with zero attached hydrogens (tertiary/aromatic N) is 1. The van der Waals surface area contributed by atoms with E-state index < -0.39 is 0 Å². The van der Waals surface area contributed by atoms with Gasteiger partial charge in [0, 0.05) is 24.5 Å². The molecule has 3 rings (SSSR count). The van der Waals surface area contributed by atoms with Gasteiger partial charge in [0.25, 0.3) is 0 Å². The second kappa shape index (κ2) is 5.62. The fourth-order valence-corrected chi connectivity index (χ4v) is 2.66. The van der Waals surface area contributed by atoms with Crippen LogP contribution >= 0.6 is 0 Å². The van der Waals surface area contributed by atoms with E-state index >= 15 is 0 Å². The first-order valence-corrected chi connectivity index (χ1v) is 7.15. The molecule has 0 amide bonds. The SMILES string of the molecule is Cc1ccccc1OCc1cc2c(CN)cccc2n1C. The standard InChI is InChI=1S/C18H20N2O/c1-13-6-3-4-9-18(13)21-12-15-10-16-14(11-19)7-5-8-17(16)20(15)2/h3-10H,11-12,19H2,1-2H3. The smallest absolute Gasteiger partial charge is 0.128 e. The molecule has 0 aliphatic rings. The van der Waals surface area contributed by atoms with E-state index in [0.29, 0.717) is 13.2 Å². The monoisotopic (exact) mass is 280 g/mol. The molecule has 0 radical (unpaired) electrons. The molecular formula is C18H20N2O. The van der Waals surface area contributed by atoms with Crippen molar-refractivity contribution in [2.24, 2.45) is 12.8 Å². The molecule has 2 aromatic carbocycles. The molecule has 0 saturated carbocycles. The van der Waals surface area contributed by atoms with E-state index in [9.17, 15) is 0 Å². The number of fused-ring (bicyclic) bond motifs is 1. The Morgan fingerprint density at radius 1 is 1.10 bits per heavy atom. The average molecular weight is 280 g/mol. The van der Waals surface area contributed by atoms with Crippen LogP contribution in [0.1, 0.15) is 16.8 Å². The molecule has 0 saturated heterocycles.